The quantitative estimate of drug-likeness (QED) is 0.824. The van der Waals surface area contributed by atoms with Gasteiger partial charge < -0.3 is 10.4 Å². The number of rotatable bonds is 4. The Balaban J connectivity index is 2.01. The molecule has 0 amide bonds. The predicted octanol–water partition coefficient (Wildman–Crippen LogP) is 3.56. The highest BCUT2D eigenvalue weighted by molar-refractivity contribution is 5.70. The zero-order valence-electron chi connectivity index (χ0n) is 11.9. The molecule has 0 radical (unpaired) electrons. The SMILES string of the molecule is CCNc1ccc(/C=C2\CCC[C@@H](C(=O)O)CC2)cn1. The summed E-state index contributed by atoms with van der Waals surface area (Å²) in [5, 5.41) is 12.3. The van der Waals surface area contributed by atoms with Crippen LogP contribution >= 0.6 is 0 Å². The average molecular weight is 274 g/mol. The normalized spacial score (nSPS) is 21.4. The highest BCUT2D eigenvalue weighted by atomic mass is 16.4. The van der Waals surface area contributed by atoms with E-state index in [1.165, 1.54) is 5.57 Å². The second-order valence-electron chi connectivity index (χ2n) is 5.28. The summed E-state index contributed by atoms with van der Waals surface area (Å²) in [5.41, 5.74) is 2.43. The van der Waals surface area contributed by atoms with E-state index in [9.17, 15) is 4.79 Å². The predicted molar refractivity (Wildman–Crippen MR) is 80.6 cm³/mol. The first-order valence-corrected chi connectivity index (χ1v) is 7.31. The fourth-order valence-electron chi connectivity index (χ4n) is 2.61. The topological polar surface area (TPSA) is 62.2 Å². The molecular formula is C16H22N2O2. The van der Waals surface area contributed by atoms with E-state index in [2.05, 4.69) is 22.4 Å². The van der Waals surface area contributed by atoms with Crippen molar-refractivity contribution in [2.24, 2.45) is 5.92 Å². The van der Waals surface area contributed by atoms with Crippen LogP contribution < -0.4 is 5.32 Å². The Morgan fingerprint density at radius 1 is 1.45 bits per heavy atom. The first kappa shape index (κ1) is 14.6. The number of allylic oxidation sites excluding steroid dienone is 1. The maximum Gasteiger partial charge on any atom is 0.306 e. The van der Waals surface area contributed by atoms with E-state index >= 15 is 0 Å². The monoisotopic (exact) mass is 274 g/mol. The Kier molecular flexibility index (Phi) is 5.16. The fraction of sp³-hybridized carbons (Fsp3) is 0.500. The number of carboxylic acids is 1. The Labute approximate surface area is 119 Å². The molecule has 2 N–H and O–H groups in total. The fourth-order valence-corrected chi connectivity index (χ4v) is 2.61. The summed E-state index contributed by atoms with van der Waals surface area (Å²) in [6, 6.07) is 4.03. The van der Waals surface area contributed by atoms with Crippen molar-refractivity contribution in [3.05, 3.63) is 29.5 Å². The average Bonchev–Trinajstić information content (AvgIpc) is 2.67. The van der Waals surface area contributed by atoms with E-state index in [4.69, 9.17) is 5.11 Å². The van der Waals surface area contributed by atoms with Crippen LogP contribution in [-0.4, -0.2) is 22.6 Å². The maximum atomic E-state index is 11.0. The molecule has 108 valence electrons. The third-order valence-corrected chi connectivity index (χ3v) is 3.73. The standard InChI is InChI=1S/C16H22N2O2/c1-2-17-15-9-7-13(11-18-15)10-12-4-3-5-14(8-6-12)16(19)20/h7,9-11,14H,2-6,8H2,1H3,(H,17,18)(H,19,20)/b12-10+/t14-/m1/s1. The van der Waals surface area contributed by atoms with Crippen LogP contribution in [0.3, 0.4) is 0 Å². The highest BCUT2D eigenvalue weighted by Crippen LogP contribution is 2.28. The van der Waals surface area contributed by atoms with Crippen LogP contribution in [0.2, 0.25) is 0 Å². The number of hydrogen-bond donors (Lipinski definition) is 2. The van der Waals surface area contributed by atoms with Gasteiger partial charge in [0.15, 0.2) is 0 Å². The molecule has 2 rings (SSSR count). The van der Waals surface area contributed by atoms with E-state index < -0.39 is 5.97 Å². The maximum absolute atomic E-state index is 11.0. The van der Waals surface area contributed by atoms with Gasteiger partial charge in [-0.15, -0.1) is 0 Å². The van der Waals surface area contributed by atoms with Gasteiger partial charge in [-0.25, -0.2) is 4.98 Å². The number of aliphatic carboxylic acids is 1. The minimum atomic E-state index is -0.650. The summed E-state index contributed by atoms with van der Waals surface area (Å²) < 4.78 is 0. The van der Waals surface area contributed by atoms with Crippen molar-refractivity contribution < 1.29 is 9.90 Å². The lowest BCUT2D eigenvalue weighted by Crippen LogP contribution is -2.11. The second-order valence-corrected chi connectivity index (χ2v) is 5.28. The zero-order chi connectivity index (χ0) is 14.4. The number of anilines is 1. The first-order chi connectivity index (χ1) is 9.69. The van der Waals surface area contributed by atoms with Crippen LogP contribution in [0, 0.1) is 5.92 Å². The van der Waals surface area contributed by atoms with Crippen molar-refractivity contribution in [2.75, 3.05) is 11.9 Å². The lowest BCUT2D eigenvalue weighted by atomic mass is 10.0. The van der Waals surface area contributed by atoms with Gasteiger partial charge in [0, 0.05) is 12.7 Å². The molecule has 4 heteroatoms. The molecule has 0 spiro atoms. The van der Waals surface area contributed by atoms with Crippen LogP contribution in [0.5, 0.6) is 0 Å². The molecule has 1 atom stereocenters. The number of pyridine rings is 1. The number of hydrogen-bond acceptors (Lipinski definition) is 3. The van der Waals surface area contributed by atoms with E-state index in [1.807, 2.05) is 19.2 Å². The molecule has 1 aliphatic carbocycles. The smallest absolute Gasteiger partial charge is 0.306 e. The molecule has 0 bridgehead atoms. The third-order valence-electron chi connectivity index (χ3n) is 3.73. The molecule has 1 aliphatic rings. The molecule has 0 unspecified atom stereocenters. The summed E-state index contributed by atoms with van der Waals surface area (Å²) in [5.74, 6) is 0.0690. The van der Waals surface area contributed by atoms with Gasteiger partial charge in [0.25, 0.3) is 0 Å². The van der Waals surface area contributed by atoms with Gasteiger partial charge in [0.2, 0.25) is 0 Å². The van der Waals surface area contributed by atoms with Crippen molar-refractivity contribution in [1.29, 1.82) is 0 Å². The largest absolute Gasteiger partial charge is 0.481 e. The molecule has 1 fully saturated rings. The molecule has 0 aliphatic heterocycles. The summed E-state index contributed by atoms with van der Waals surface area (Å²) in [4.78, 5) is 15.4. The number of aromatic nitrogens is 1. The van der Waals surface area contributed by atoms with Crippen molar-refractivity contribution >= 4 is 17.9 Å². The van der Waals surface area contributed by atoms with E-state index in [0.717, 1.165) is 50.0 Å². The zero-order valence-corrected chi connectivity index (χ0v) is 11.9. The molecule has 0 saturated heterocycles. The molecule has 1 aromatic heterocycles. The van der Waals surface area contributed by atoms with E-state index in [0.29, 0.717) is 0 Å². The minimum Gasteiger partial charge on any atom is -0.481 e. The highest BCUT2D eigenvalue weighted by Gasteiger charge is 2.20. The van der Waals surface area contributed by atoms with Gasteiger partial charge in [-0.1, -0.05) is 11.6 Å². The van der Waals surface area contributed by atoms with Crippen LogP contribution in [-0.2, 0) is 4.79 Å². The van der Waals surface area contributed by atoms with Gasteiger partial charge >= 0.3 is 5.97 Å². The molecule has 4 nitrogen and oxygen atoms in total. The van der Waals surface area contributed by atoms with Gasteiger partial charge in [0.05, 0.1) is 5.92 Å². The number of carbonyl (C=O) groups is 1. The summed E-state index contributed by atoms with van der Waals surface area (Å²) >= 11 is 0. The van der Waals surface area contributed by atoms with E-state index in [-0.39, 0.29) is 5.92 Å². The molecule has 0 aromatic carbocycles. The Hall–Kier alpha value is -1.84. The Morgan fingerprint density at radius 2 is 2.30 bits per heavy atom. The van der Waals surface area contributed by atoms with Crippen LogP contribution in [0.25, 0.3) is 6.08 Å². The summed E-state index contributed by atoms with van der Waals surface area (Å²) in [6.07, 6.45) is 8.42. The molecule has 20 heavy (non-hydrogen) atoms. The second kappa shape index (κ2) is 7.08. The lowest BCUT2D eigenvalue weighted by molar-refractivity contribution is -0.142. The molecule has 1 aromatic rings. The van der Waals surface area contributed by atoms with Crippen LogP contribution in [0.1, 0.15) is 44.6 Å². The number of nitrogens with one attached hydrogen (secondary N) is 1. The Morgan fingerprint density at radius 3 is 2.95 bits per heavy atom. The molecular weight excluding hydrogens is 252 g/mol. The van der Waals surface area contributed by atoms with Gasteiger partial charge in [0.1, 0.15) is 5.82 Å². The number of carboxylic acid groups (broad SMARTS) is 1. The summed E-state index contributed by atoms with van der Waals surface area (Å²) in [6.45, 7) is 2.91. The lowest BCUT2D eigenvalue weighted by Gasteiger charge is -2.06. The third kappa shape index (κ3) is 4.08. The van der Waals surface area contributed by atoms with Gasteiger partial charge in [-0.3, -0.25) is 4.79 Å². The van der Waals surface area contributed by atoms with Crippen molar-refractivity contribution in [3.63, 3.8) is 0 Å². The summed E-state index contributed by atoms with van der Waals surface area (Å²) in [7, 11) is 0. The van der Waals surface area contributed by atoms with Gasteiger partial charge in [-0.05, 0) is 56.7 Å². The van der Waals surface area contributed by atoms with Crippen molar-refractivity contribution in [2.45, 2.75) is 39.0 Å². The van der Waals surface area contributed by atoms with Crippen molar-refractivity contribution in [1.82, 2.24) is 4.98 Å². The Bertz CT molecular complexity index is 480. The number of nitrogens with zero attached hydrogens (tertiary/aromatic N) is 1. The first-order valence-electron chi connectivity index (χ1n) is 7.31. The van der Waals surface area contributed by atoms with Gasteiger partial charge in [-0.2, -0.15) is 0 Å². The van der Waals surface area contributed by atoms with E-state index in [1.54, 1.807) is 0 Å². The minimum absolute atomic E-state index is 0.171. The molecule has 1 heterocycles. The van der Waals surface area contributed by atoms with Crippen molar-refractivity contribution in [3.8, 4) is 0 Å². The molecule has 1 saturated carbocycles. The van der Waals surface area contributed by atoms with Crippen LogP contribution in [0.15, 0.2) is 23.9 Å². The van der Waals surface area contributed by atoms with Crippen LogP contribution in [0.4, 0.5) is 5.82 Å².